The number of benzene rings is 7. The summed E-state index contributed by atoms with van der Waals surface area (Å²) in [6.07, 6.45) is 0. The number of ether oxygens (including phenoxy) is 2. The van der Waals surface area contributed by atoms with E-state index in [4.69, 9.17) is 14.5 Å². The van der Waals surface area contributed by atoms with E-state index in [9.17, 15) is 0 Å². The summed E-state index contributed by atoms with van der Waals surface area (Å²) in [5, 5.41) is 12.8. The molecule has 0 radical (unpaired) electrons. The Morgan fingerprint density at radius 1 is 0.464 bits per heavy atom. The van der Waals surface area contributed by atoms with Crippen LogP contribution in [0.1, 0.15) is 82.8 Å². The largest absolute Gasteiger partial charge is 0.487 e. The van der Waals surface area contributed by atoms with E-state index in [2.05, 4.69) is 182 Å². The molecule has 8 aromatic rings. The highest BCUT2D eigenvalue weighted by Gasteiger charge is 2.28. The van der Waals surface area contributed by atoms with Gasteiger partial charge in [-0.05, 0) is 81.9 Å². The normalized spacial score (nSPS) is 16.5. The molecule has 1 aliphatic rings. The molecule has 1 aromatic heterocycles. The second-order valence-electron chi connectivity index (χ2n) is 14.7. The molecular weight excluding hydrogens is 687 g/mol. The molecule has 0 spiro atoms. The summed E-state index contributed by atoms with van der Waals surface area (Å²) in [6.45, 7) is 5.13. The topological polar surface area (TPSA) is 55.4 Å². The highest BCUT2D eigenvalue weighted by molar-refractivity contribution is 5.90. The predicted octanol–water partition coefficient (Wildman–Crippen LogP) is 11.7. The monoisotopic (exact) mass is 731 g/mol. The van der Waals surface area contributed by atoms with Gasteiger partial charge in [-0.2, -0.15) is 0 Å². The fourth-order valence-corrected chi connectivity index (χ4v) is 8.18. The third-order valence-corrected chi connectivity index (χ3v) is 11.1. The Morgan fingerprint density at radius 2 is 0.893 bits per heavy atom. The SMILES string of the molecule is C[C@H](NC1c2cccc(c2)C(N[C@@H](C)c2ccccc2)c2c(ccc3ccccc23)OCc2cccc(n2)COc2ccc3ccccc3c21)c1ccccc1. The van der Waals surface area contributed by atoms with Gasteiger partial charge in [0.2, 0.25) is 0 Å². The molecule has 4 atom stereocenters. The van der Waals surface area contributed by atoms with Crippen LogP contribution in [0, 0.1) is 0 Å². The lowest BCUT2D eigenvalue weighted by Crippen LogP contribution is -2.28. The van der Waals surface area contributed by atoms with Crippen LogP contribution in [-0.4, -0.2) is 4.98 Å². The second-order valence-corrected chi connectivity index (χ2v) is 14.7. The van der Waals surface area contributed by atoms with Gasteiger partial charge in [0.05, 0.1) is 23.5 Å². The van der Waals surface area contributed by atoms with Gasteiger partial charge >= 0.3 is 0 Å². The van der Waals surface area contributed by atoms with Crippen LogP contribution in [0.3, 0.4) is 0 Å². The zero-order chi connectivity index (χ0) is 37.8. The van der Waals surface area contributed by atoms with Crippen molar-refractivity contribution in [2.45, 2.75) is 51.2 Å². The maximum absolute atomic E-state index is 6.80. The van der Waals surface area contributed by atoms with E-state index < -0.39 is 0 Å². The standard InChI is InChI=1S/C51H45N3O2/c1-34(36-15-5-3-6-16-36)52-50-40-21-13-22-41(31-40)51(53-35(2)37-17-7-4-8-18-37)49-45-26-12-10-20-39(45)28-30-47(49)56-33-43-24-14-23-42(54-43)32-55-46-29-27-38-19-9-11-25-44(38)48(46)50/h3-31,34-35,50-53H,32-33H2,1-2H3/t34-,35-,50?,51?/m0/s1. The van der Waals surface area contributed by atoms with Gasteiger partial charge in [-0.15, -0.1) is 0 Å². The minimum atomic E-state index is -0.228. The third kappa shape index (κ3) is 7.27. The summed E-state index contributed by atoms with van der Waals surface area (Å²) in [6, 6.07) is 61.9. The van der Waals surface area contributed by atoms with E-state index in [0.29, 0.717) is 13.2 Å². The van der Waals surface area contributed by atoms with Crippen molar-refractivity contribution < 1.29 is 9.47 Å². The molecule has 5 nitrogen and oxygen atoms in total. The van der Waals surface area contributed by atoms with E-state index in [1.54, 1.807) is 0 Å². The fourth-order valence-electron chi connectivity index (χ4n) is 8.18. The Kier molecular flexibility index (Phi) is 10.0. The van der Waals surface area contributed by atoms with Crippen molar-refractivity contribution in [3.63, 3.8) is 0 Å². The quantitative estimate of drug-likeness (QED) is 0.178. The first kappa shape index (κ1) is 35.4. The van der Waals surface area contributed by atoms with Gasteiger partial charge in [-0.3, -0.25) is 15.6 Å². The smallest absolute Gasteiger partial charge is 0.130 e. The van der Waals surface area contributed by atoms with Crippen LogP contribution in [0.4, 0.5) is 0 Å². The van der Waals surface area contributed by atoms with Crippen molar-refractivity contribution in [2.75, 3.05) is 0 Å². The number of pyridine rings is 1. The molecule has 276 valence electrons. The lowest BCUT2D eigenvalue weighted by molar-refractivity contribution is 0.285. The number of nitrogens with one attached hydrogen (secondary N) is 2. The van der Waals surface area contributed by atoms with Gasteiger partial charge in [0.25, 0.3) is 0 Å². The number of fused-ring (bicyclic) bond motifs is 10. The van der Waals surface area contributed by atoms with Gasteiger partial charge in [-0.25, -0.2) is 0 Å². The van der Waals surface area contributed by atoms with Crippen molar-refractivity contribution in [3.8, 4) is 11.5 Å². The number of hydrogen-bond donors (Lipinski definition) is 2. The summed E-state index contributed by atoms with van der Waals surface area (Å²) < 4.78 is 13.6. The Bertz CT molecular complexity index is 2430. The lowest BCUT2D eigenvalue weighted by atomic mass is 9.87. The molecular formula is C51H45N3O2. The molecule has 7 aromatic carbocycles. The van der Waals surface area contributed by atoms with Crippen molar-refractivity contribution in [3.05, 3.63) is 221 Å². The summed E-state index contributed by atoms with van der Waals surface area (Å²) in [4.78, 5) is 5.03. The first-order valence-corrected chi connectivity index (χ1v) is 19.5. The molecule has 2 N–H and O–H groups in total. The van der Waals surface area contributed by atoms with Crippen LogP contribution >= 0.6 is 0 Å². The van der Waals surface area contributed by atoms with Crippen LogP contribution in [0.25, 0.3) is 21.5 Å². The number of rotatable bonds is 6. The predicted molar refractivity (Wildman–Crippen MR) is 227 cm³/mol. The van der Waals surface area contributed by atoms with Gasteiger partial charge in [0.1, 0.15) is 24.7 Å². The van der Waals surface area contributed by atoms with Crippen LogP contribution in [-0.2, 0) is 13.2 Å². The van der Waals surface area contributed by atoms with Crippen molar-refractivity contribution >= 4 is 21.5 Å². The second kappa shape index (κ2) is 15.8. The summed E-state index contributed by atoms with van der Waals surface area (Å²) in [5.41, 5.74) is 8.60. The average molecular weight is 732 g/mol. The molecule has 0 saturated heterocycles. The Balaban J connectivity index is 1.29. The molecule has 9 rings (SSSR count). The minimum Gasteiger partial charge on any atom is -0.487 e. The lowest BCUT2D eigenvalue weighted by Gasteiger charge is -2.30. The third-order valence-electron chi connectivity index (χ3n) is 11.1. The average Bonchev–Trinajstić information content (AvgIpc) is 3.26. The molecule has 5 heteroatoms. The van der Waals surface area contributed by atoms with Crippen LogP contribution < -0.4 is 20.1 Å². The van der Waals surface area contributed by atoms with Gasteiger partial charge < -0.3 is 9.47 Å². The highest BCUT2D eigenvalue weighted by Crippen LogP contribution is 2.42. The van der Waals surface area contributed by atoms with E-state index in [0.717, 1.165) is 66.7 Å². The zero-order valence-electron chi connectivity index (χ0n) is 31.7. The molecule has 0 amide bonds. The Morgan fingerprint density at radius 3 is 1.38 bits per heavy atom. The fraction of sp³-hybridized carbons (Fsp3) is 0.157. The molecule has 56 heavy (non-hydrogen) atoms. The van der Waals surface area contributed by atoms with Crippen LogP contribution in [0.5, 0.6) is 11.5 Å². The van der Waals surface area contributed by atoms with Crippen molar-refractivity contribution in [2.24, 2.45) is 0 Å². The van der Waals surface area contributed by atoms with Crippen LogP contribution in [0.2, 0.25) is 0 Å². The summed E-state index contributed by atoms with van der Waals surface area (Å²) in [7, 11) is 0. The number of nitrogens with zero attached hydrogens (tertiary/aromatic N) is 1. The molecule has 2 unspecified atom stereocenters. The van der Waals surface area contributed by atoms with E-state index in [-0.39, 0.29) is 24.2 Å². The molecule has 1 aliphatic heterocycles. The van der Waals surface area contributed by atoms with Gasteiger partial charge in [-0.1, -0.05) is 152 Å². The molecule has 0 saturated carbocycles. The van der Waals surface area contributed by atoms with Crippen molar-refractivity contribution in [1.82, 2.24) is 15.6 Å². The van der Waals surface area contributed by atoms with Gasteiger partial charge in [0.15, 0.2) is 0 Å². The molecule has 2 heterocycles. The molecule has 0 fully saturated rings. The van der Waals surface area contributed by atoms with Crippen LogP contribution in [0.15, 0.2) is 176 Å². The van der Waals surface area contributed by atoms with E-state index >= 15 is 0 Å². The summed E-state index contributed by atoms with van der Waals surface area (Å²) in [5.74, 6) is 1.65. The molecule has 4 bridgehead atoms. The van der Waals surface area contributed by atoms with Gasteiger partial charge in [0, 0.05) is 23.2 Å². The van der Waals surface area contributed by atoms with E-state index in [1.807, 2.05) is 18.2 Å². The summed E-state index contributed by atoms with van der Waals surface area (Å²) >= 11 is 0. The molecule has 0 aliphatic carbocycles. The van der Waals surface area contributed by atoms with E-state index in [1.165, 1.54) is 11.1 Å². The zero-order valence-corrected chi connectivity index (χ0v) is 31.7. The Labute approximate surface area is 329 Å². The Hall–Kier alpha value is -6.27. The minimum absolute atomic E-state index is 0.0331. The first-order valence-electron chi connectivity index (χ1n) is 19.5. The maximum atomic E-state index is 6.80. The first-order chi connectivity index (χ1) is 27.6. The highest BCUT2D eigenvalue weighted by atomic mass is 16.5. The number of aromatic nitrogens is 1. The maximum Gasteiger partial charge on any atom is 0.130 e. The van der Waals surface area contributed by atoms with Crippen molar-refractivity contribution in [1.29, 1.82) is 0 Å². The number of hydrogen-bond acceptors (Lipinski definition) is 5.